The molecule has 1 heterocycles. The smallest absolute Gasteiger partial charge is 0.429 e. The van der Waals surface area contributed by atoms with Gasteiger partial charge in [-0.2, -0.15) is 0 Å². The Morgan fingerprint density at radius 2 is 2.09 bits per heavy atom. The highest BCUT2D eigenvalue weighted by atomic mass is 16.7. The molecular formula is C15H20N2O5. The van der Waals surface area contributed by atoms with Gasteiger partial charge in [-0.1, -0.05) is 0 Å². The molecule has 1 aliphatic carbocycles. The first-order valence-corrected chi connectivity index (χ1v) is 7.15. The van der Waals surface area contributed by atoms with Gasteiger partial charge in [0.05, 0.1) is 6.20 Å². The van der Waals surface area contributed by atoms with Gasteiger partial charge >= 0.3 is 12.0 Å². The van der Waals surface area contributed by atoms with Crippen LogP contribution < -0.4 is 0 Å². The van der Waals surface area contributed by atoms with Crippen molar-refractivity contribution >= 4 is 12.0 Å². The second-order valence-corrected chi connectivity index (χ2v) is 6.18. The summed E-state index contributed by atoms with van der Waals surface area (Å²) in [7, 11) is 0. The van der Waals surface area contributed by atoms with E-state index in [4.69, 9.17) is 9.47 Å². The summed E-state index contributed by atoms with van der Waals surface area (Å²) in [6, 6.07) is 3.01. The lowest BCUT2D eigenvalue weighted by atomic mass is 10.0. The summed E-state index contributed by atoms with van der Waals surface area (Å²) in [6.07, 6.45) is 5.44. The van der Waals surface area contributed by atoms with Crippen LogP contribution in [0.15, 0.2) is 30.5 Å². The van der Waals surface area contributed by atoms with E-state index in [2.05, 4.69) is 0 Å². The molecule has 0 radical (unpaired) electrons. The monoisotopic (exact) mass is 308 g/mol. The molecule has 2 atom stereocenters. The Bertz CT molecular complexity index is 585. The summed E-state index contributed by atoms with van der Waals surface area (Å²) in [5.41, 5.74) is -0.593. The van der Waals surface area contributed by atoms with Crippen LogP contribution in [0, 0.1) is 10.1 Å². The molecule has 0 spiro atoms. The van der Waals surface area contributed by atoms with Gasteiger partial charge in [0.25, 0.3) is 0 Å². The fourth-order valence-corrected chi connectivity index (χ4v) is 2.33. The Morgan fingerprint density at radius 3 is 2.64 bits per heavy atom. The molecule has 0 unspecified atom stereocenters. The highest BCUT2D eigenvalue weighted by Gasteiger charge is 2.27. The van der Waals surface area contributed by atoms with Crippen molar-refractivity contribution in [3.8, 4) is 0 Å². The number of aromatic nitrogens is 1. The summed E-state index contributed by atoms with van der Waals surface area (Å²) in [4.78, 5) is 22.1. The number of carbonyl (C=O) groups is 1. The Balaban J connectivity index is 1.96. The maximum Gasteiger partial charge on any atom is 0.509 e. The fourth-order valence-electron chi connectivity index (χ4n) is 2.33. The number of nitro groups is 1. The molecule has 0 aliphatic heterocycles. The number of nitrogens with zero attached hydrogens (tertiary/aromatic N) is 2. The lowest BCUT2D eigenvalue weighted by Crippen LogP contribution is -2.28. The number of hydrogen-bond donors (Lipinski definition) is 0. The molecule has 22 heavy (non-hydrogen) atoms. The highest BCUT2D eigenvalue weighted by molar-refractivity contribution is 5.61. The maximum atomic E-state index is 11.6. The van der Waals surface area contributed by atoms with Gasteiger partial charge in [0.1, 0.15) is 17.7 Å². The first-order chi connectivity index (χ1) is 10.3. The quantitative estimate of drug-likeness (QED) is 0.368. The standard InChI is InChI=1S/C15H20N2O5/c1-15(2,3)22-14(18)21-12-8-6-11(7-9-12)16-10-4-5-13(16)17(19)20/h4-6,8,10-12H,7,9H2,1-3H3/t11-,12+/m1/s1. The first kappa shape index (κ1) is 16.1. The fraction of sp³-hybridized carbons (Fsp3) is 0.533. The van der Waals surface area contributed by atoms with Gasteiger partial charge in [-0.05, 0) is 56.8 Å². The summed E-state index contributed by atoms with van der Waals surface area (Å²) >= 11 is 0. The van der Waals surface area contributed by atoms with Crippen LogP contribution in [0.1, 0.15) is 39.7 Å². The van der Waals surface area contributed by atoms with E-state index in [-0.39, 0.29) is 18.0 Å². The van der Waals surface area contributed by atoms with E-state index in [1.807, 2.05) is 6.08 Å². The number of rotatable bonds is 3. The van der Waals surface area contributed by atoms with Crippen molar-refractivity contribution in [2.24, 2.45) is 0 Å². The molecule has 1 aromatic rings. The zero-order chi connectivity index (χ0) is 16.3. The molecule has 7 heteroatoms. The lowest BCUT2D eigenvalue weighted by molar-refractivity contribution is -0.392. The van der Waals surface area contributed by atoms with Crippen LogP contribution in [0.2, 0.25) is 0 Å². The Labute approximate surface area is 128 Å². The number of ether oxygens (including phenoxy) is 2. The van der Waals surface area contributed by atoms with E-state index in [0.29, 0.717) is 12.8 Å². The van der Waals surface area contributed by atoms with Gasteiger partial charge in [0, 0.05) is 6.07 Å². The zero-order valence-electron chi connectivity index (χ0n) is 12.9. The predicted octanol–water partition coefficient (Wildman–Crippen LogP) is 3.61. The third-order valence-corrected chi connectivity index (χ3v) is 3.23. The average Bonchev–Trinajstić information content (AvgIpc) is 2.86. The Kier molecular flexibility index (Phi) is 4.54. The van der Waals surface area contributed by atoms with Crippen LogP contribution in [0.3, 0.4) is 0 Å². The summed E-state index contributed by atoms with van der Waals surface area (Å²) in [6.45, 7) is 5.31. The van der Waals surface area contributed by atoms with Crippen LogP contribution >= 0.6 is 0 Å². The van der Waals surface area contributed by atoms with Gasteiger partial charge in [0.2, 0.25) is 0 Å². The maximum absolute atomic E-state index is 11.6. The third kappa shape index (κ3) is 4.09. The molecule has 0 fully saturated rings. The van der Waals surface area contributed by atoms with E-state index in [0.717, 1.165) is 0 Å². The summed E-state index contributed by atoms with van der Waals surface area (Å²) < 4.78 is 11.9. The van der Waals surface area contributed by atoms with Crippen LogP contribution in [0.4, 0.5) is 10.6 Å². The minimum atomic E-state index is -0.701. The lowest BCUT2D eigenvalue weighted by Gasteiger charge is -2.24. The average molecular weight is 308 g/mol. The number of carbonyl (C=O) groups excluding carboxylic acids is 1. The van der Waals surface area contributed by atoms with Crippen molar-refractivity contribution in [1.82, 2.24) is 4.57 Å². The van der Waals surface area contributed by atoms with Gasteiger partial charge in [0.15, 0.2) is 0 Å². The normalized spacial score (nSPS) is 21.4. The van der Waals surface area contributed by atoms with Crippen molar-refractivity contribution in [2.45, 2.75) is 51.4 Å². The van der Waals surface area contributed by atoms with Crippen LogP contribution in [0.25, 0.3) is 0 Å². The van der Waals surface area contributed by atoms with Crippen LogP contribution in [-0.4, -0.2) is 27.4 Å². The van der Waals surface area contributed by atoms with Crippen LogP contribution in [0.5, 0.6) is 0 Å². The minimum Gasteiger partial charge on any atom is -0.429 e. The number of allylic oxidation sites excluding steroid dienone is 1. The minimum absolute atomic E-state index is 0.0566. The van der Waals surface area contributed by atoms with Crippen molar-refractivity contribution in [2.75, 3.05) is 0 Å². The molecule has 120 valence electrons. The molecule has 2 rings (SSSR count). The van der Waals surface area contributed by atoms with Gasteiger partial charge in [-0.15, -0.1) is 0 Å². The zero-order valence-corrected chi connectivity index (χ0v) is 12.9. The van der Waals surface area contributed by atoms with E-state index in [1.54, 1.807) is 43.7 Å². The van der Waals surface area contributed by atoms with Crippen molar-refractivity contribution in [1.29, 1.82) is 0 Å². The molecule has 0 amide bonds. The van der Waals surface area contributed by atoms with E-state index in [1.165, 1.54) is 6.07 Å². The third-order valence-electron chi connectivity index (χ3n) is 3.23. The molecule has 0 N–H and O–H groups in total. The molecular weight excluding hydrogens is 288 g/mol. The second-order valence-electron chi connectivity index (χ2n) is 6.18. The molecule has 0 aromatic carbocycles. The molecule has 0 saturated heterocycles. The molecule has 0 bridgehead atoms. The molecule has 1 aromatic heterocycles. The topological polar surface area (TPSA) is 83.6 Å². The Morgan fingerprint density at radius 1 is 1.36 bits per heavy atom. The number of hydrogen-bond acceptors (Lipinski definition) is 5. The molecule has 1 aliphatic rings. The van der Waals surface area contributed by atoms with Crippen LogP contribution in [-0.2, 0) is 9.47 Å². The van der Waals surface area contributed by atoms with Gasteiger partial charge < -0.3 is 19.6 Å². The van der Waals surface area contributed by atoms with Gasteiger partial charge in [-0.25, -0.2) is 9.36 Å². The summed E-state index contributed by atoms with van der Waals surface area (Å²) in [5, 5.41) is 10.9. The van der Waals surface area contributed by atoms with E-state index in [9.17, 15) is 14.9 Å². The van der Waals surface area contributed by atoms with E-state index >= 15 is 0 Å². The Hall–Kier alpha value is -2.31. The SMILES string of the molecule is CC(C)(C)OC(=O)O[C@H]1C=C[C@@H](n2cccc2[N+](=O)[O-])CC1. The van der Waals surface area contributed by atoms with Crippen molar-refractivity contribution < 1.29 is 19.2 Å². The highest BCUT2D eigenvalue weighted by Crippen LogP contribution is 2.28. The van der Waals surface area contributed by atoms with Gasteiger partial charge in [-0.3, -0.25) is 0 Å². The predicted molar refractivity (Wildman–Crippen MR) is 79.6 cm³/mol. The van der Waals surface area contributed by atoms with Crippen molar-refractivity contribution in [3.05, 3.63) is 40.6 Å². The molecule has 0 saturated carbocycles. The summed E-state index contributed by atoms with van der Waals surface area (Å²) in [5.74, 6) is 0.0566. The largest absolute Gasteiger partial charge is 0.509 e. The molecule has 7 nitrogen and oxygen atoms in total. The van der Waals surface area contributed by atoms with Crippen molar-refractivity contribution in [3.63, 3.8) is 0 Å². The van der Waals surface area contributed by atoms with E-state index < -0.39 is 16.7 Å². The first-order valence-electron chi connectivity index (χ1n) is 7.15. The second kappa shape index (κ2) is 6.21.